The molecule has 4 nitrogen and oxygen atoms in total. The first kappa shape index (κ1) is 13.9. The molecule has 0 heterocycles. The van der Waals surface area contributed by atoms with Gasteiger partial charge in [0, 0.05) is 17.3 Å². The Bertz CT molecular complexity index is 647. The van der Waals surface area contributed by atoms with Crippen molar-refractivity contribution in [2.75, 3.05) is 5.32 Å². The molecule has 0 saturated heterocycles. The van der Waals surface area contributed by atoms with Gasteiger partial charge in [-0.15, -0.1) is 0 Å². The van der Waals surface area contributed by atoms with Crippen LogP contribution in [0.4, 0.5) is 20.2 Å². The Hall–Kier alpha value is -2.50. The lowest BCUT2D eigenvalue weighted by molar-refractivity contribution is -0.387. The van der Waals surface area contributed by atoms with E-state index >= 15 is 0 Å². The van der Waals surface area contributed by atoms with Gasteiger partial charge in [0.1, 0.15) is 5.82 Å². The minimum atomic E-state index is -0.904. The predicted molar refractivity (Wildman–Crippen MR) is 71.5 cm³/mol. The molecule has 0 aliphatic heterocycles. The maximum Gasteiger partial charge on any atom is 0.306 e. The number of benzene rings is 2. The van der Waals surface area contributed by atoms with Crippen molar-refractivity contribution in [2.45, 2.75) is 13.0 Å². The van der Waals surface area contributed by atoms with Gasteiger partial charge < -0.3 is 5.32 Å². The van der Waals surface area contributed by atoms with Crippen LogP contribution in [0.15, 0.2) is 42.5 Å². The number of hydrogen-bond acceptors (Lipinski definition) is 3. The van der Waals surface area contributed by atoms with Crippen LogP contribution >= 0.6 is 0 Å². The van der Waals surface area contributed by atoms with E-state index in [9.17, 15) is 18.9 Å². The highest BCUT2D eigenvalue weighted by Gasteiger charge is 2.16. The summed E-state index contributed by atoms with van der Waals surface area (Å²) in [5, 5.41) is 13.6. The Morgan fingerprint density at radius 2 is 1.85 bits per heavy atom. The van der Waals surface area contributed by atoms with E-state index in [4.69, 9.17) is 0 Å². The Kier molecular flexibility index (Phi) is 3.93. The highest BCUT2D eigenvalue weighted by molar-refractivity contribution is 5.53. The number of rotatable bonds is 4. The molecule has 1 atom stereocenters. The summed E-state index contributed by atoms with van der Waals surface area (Å²) < 4.78 is 26.8. The molecule has 2 aromatic carbocycles. The first-order valence-corrected chi connectivity index (χ1v) is 5.94. The van der Waals surface area contributed by atoms with Gasteiger partial charge in [0.05, 0.1) is 11.0 Å². The molecule has 0 amide bonds. The molecule has 0 saturated carbocycles. The van der Waals surface area contributed by atoms with Gasteiger partial charge in [0.2, 0.25) is 5.82 Å². The SMILES string of the molecule is CC(Nc1ccc(F)c([N+](=O)[O-])c1)c1ccccc1F. The van der Waals surface area contributed by atoms with Crippen molar-refractivity contribution in [3.05, 3.63) is 69.8 Å². The van der Waals surface area contributed by atoms with E-state index in [-0.39, 0.29) is 5.82 Å². The van der Waals surface area contributed by atoms with Crippen molar-refractivity contribution in [3.63, 3.8) is 0 Å². The van der Waals surface area contributed by atoms with Crippen molar-refractivity contribution in [2.24, 2.45) is 0 Å². The Morgan fingerprint density at radius 3 is 2.50 bits per heavy atom. The molecule has 20 heavy (non-hydrogen) atoms. The normalized spacial score (nSPS) is 11.9. The first-order chi connectivity index (χ1) is 9.49. The maximum absolute atomic E-state index is 13.6. The van der Waals surface area contributed by atoms with E-state index in [2.05, 4.69) is 5.32 Å². The Balaban J connectivity index is 2.24. The molecule has 0 fully saturated rings. The number of halogens is 2. The second-order valence-electron chi connectivity index (χ2n) is 4.31. The lowest BCUT2D eigenvalue weighted by atomic mass is 10.1. The second-order valence-corrected chi connectivity index (χ2v) is 4.31. The topological polar surface area (TPSA) is 55.2 Å². The fourth-order valence-electron chi connectivity index (χ4n) is 1.90. The number of anilines is 1. The van der Waals surface area contributed by atoms with E-state index in [0.717, 1.165) is 12.1 Å². The zero-order chi connectivity index (χ0) is 14.7. The highest BCUT2D eigenvalue weighted by atomic mass is 19.1. The summed E-state index contributed by atoms with van der Waals surface area (Å²) in [6.45, 7) is 1.72. The summed E-state index contributed by atoms with van der Waals surface area (Å²) in [6.07, 6.45) is 0. The maximum atomic E-state index is 13.6. The van der Waals surface area contributed by atoms with Crippen LogP contribution in [0.2, 0.25) is 0 Å². The van der Waals surface area contributed by atoms with E-state index < -0.39 is 22.5 Å². The van der Waals surface area contributed by atoms with Crippen LogP contribution in [0.5, 0.6) is 0 Å². The van der Waals surface area contributed by atoms with E-state index in [1.54, 1.807) is 25.1 Å². The molecule has 6 heteroatoms. The van der Waals surface area contributed by atoms with Gasteiger partial charge >= 0.3 is 5.69 Å². The molecular formula is C14H12F2N2O2. The molecule has 0 bridgehead atoms. The van der Waals surface area contributed by atoms with Crippen LogP contribution < -0.4 is 5.32 Å². The molecule has 1 N–H and O–H groups in total. The third-order valence-corrected chi connectivity index (χ3v) is 2.90. The Morgan fingerprint density at radius 1 is 1.15 bits per heavy atom. The molecule has 2 aromatic rings. The van der Waals surface area contributed by atoms with Crippen LogP contribution in [-0.2, 0) is 0 Å². The monoisotopic (exact) mass is 278 g/mol. The van der Waals surface area contributed by atoms with Crippen LogP contribution in [0.3, 0.4) is 0 Å². The summed E-state index contributed by atoms with van der Waals surface area (Å²) >= 11 is 0. The third-order valence-electron chi connectivity index (χ3n) is 2.90. The summed E-state index contributed by atoms with van der Waals surface area (Å²) in [5.74, 6) is -1.27. The lowest BCUT2D eigenvalue weighted by Gasteiger charge is -2.16. The van der Waals surface area contributed by atoms with Crippen LogP contribution in [0, 0.1) is 21.7 Å². The summed E-state index contributed by atoms with van der Waals surface area (Å²) in [7, 11) is 0. The smallest absolute Gasteiger partial charge is 0.306 e. The van der Waals surface area contributed by atoms with Crippen molar-refractivity contribution >= 4 is 11.4 Å². The third kappa shape index (κ3) is 2.90. The molecule has 2 rings (SSSR count). The molecule has 1 unspecified atom stereocenters. The van der Waals surface area contributed by atoms with Gasteiger partial charge in [0.15, 0.2) is 0 Å². The highest BCUT2D eigenvalue weighted by Crippen LogP contribution is 2.26. The van der Waals surface area contributed by atoms with Gasteiger partial charge in [-0.2, -0.15) is 4.39 Å². The molecular weight excluding hydrogens is 266 g/mol. The fraction of sp³-hybridized carbons (Fsp3) is 0.143. The van der Waals surface area contributed by atoms with Crippen molar-refractivity contribution in [1.82, 2.24) is 0 Å². The minimum Gasteiger partial charge on any atom is -0.378 e. The number of nitrogens with zero attached hydrogens (tertiary/aromatic N) is 1. The minimum absolute atomic E-state index is 0.355. The largest absolute Gasteiger partial charge is 0.378 e. The molecule has 0 aromatic heterocycles. The predicted octanol–water partition coefficient (Wildman–Crippen LogP) is 4.05. The van der Waals surface area contributed by atoms with Gasteiger partial charge in [-0.05, 0) is 25.1 Å². The molecule has 104 valence electrons. The van der Waals surface area contributed by atoms with Crippen LogP contribution in [0.25, 0.3) is 0 Å². The van der Waals surface area contributed by atoms with Crippen molar-refractivity contribution in [3.8, 4) is 0 Å². The van der Waals surface area contributed by atoms with Crippen molar-refractivity contribution in [1.29, 1.82) is 0 Å². The number of nitro groups is 1. The average molecular weight is 278 g/mol. The number of nitro benzene ring substituents is 1. The van der Waals surface area contributed by atoms with Gasteiger partial charge in [-0.1, -0.05) is 18.2 Å². The summed E-state index contributed by atoms with van der Waals surface area (Å²) in [6, 6.07) is 9.30. The van der Waals surface area contributed by atoms with E-state index in [0.29, 0.717) is 11.3 Å². The molecule has 0 aliphatic carbocycles. The number of nitrogens with one attached hydrogen (secondary N) is 1. The molecule has 0 spiro atoms. The molecule has 0 aliphatic rings. The lowest BCUT2D eigenvalue weighted by Crippen LogP contribution is -2.09. The van der Waals surface area contributed by atoms with Crippen LogP contribution in [0.1, 0.15) is 18.5 Å². The van der Waals surface area contributed by atoms with Gasteiger partial charge in [-0.25, -0.2) is 4.39 Å². The van der Waals surface area contributed by atoms with Gasteiger partial charge in [0.25, 0.3) is 0 Å². The van der Waals surface area contributed by atoms with E-state index in [1.165, 1.54) is 12.1 Å². The van der Waals surface area contributed by atoms with Crippen LogP contribution in [-0.4, -0.2) is 4.92 Å². The zero-order valence-electron chi connectivity index (χ0n) is 10.6. The fourth-order valence-corrected chi connectivity index (χ4v) is 1.90. The number of hydrogen-bond donors (Lipinski definition) is 1. The quantitative estimate of drug-likeness (QED) is 0.678. The van der Waals surface area contributed by atoms with Crippen molar-refractivity contribution < 1.29 is 13.7 Å². The zero-order valence-corrected chi connectivity index (χ0v) is 10.6. The van der Waals surface area contributed by atoms with Gasteiger partial charge in [-0.3, -0.25) is 10.1 Å². The summed E-state index contributed by atoms with van der Waals surface area (Å²) in [5.41, 5.74) is 0.170. The molecule has 0 radical (unpaired) electrons. The average Bonchev–Trinajstić information content (AvgIpc) is 2.41. The second kappa shape index (κ2) is 5.64. The van der Waals surface area contributed by atoms with E-state index in [1.807, 2.05) is 0 Å². The Labute approximate surface area is 114 Å². The standard InChI is InChI=1S/C14H12F2N2O2/c1-9(11-4-2-3-5-12(11)15)17-10-6-7-13(16)14(8-10)18(19)20/h2-9,17H,1H3. The summed E-state index contributed by atoms with van der Waals surface area (Å²) in [4.78, 5) is 9.86. The first-order valence-electron chi connectivity index (χ1n) is 5.94.